The number of rotatable bonds is 4. The first-order chi connectivity index (χ1) is 15.3. The van der Waals surface area contributed by atoms with Gasteiger partial charge in [0.2, 0.25) is 11.7 Å². The number of thiazole rings is 1. The number of halogens is 2. The van der Waals surface area contributed by atoms with Gasteiger partial charge in [0.05, 0.1) is 21.5 Å². The number of carbonyl (C=O) groups excluding carboxylic acids is 1. The first-order valence-electron chi connectivity index (χ1n) is 9.43. The summed E-state index contributed by atoms with van der Waals surface area (Å²) in [6.07, 6.45) is 0. The van der Waals surface area contributed by atoms with E-state index in [2.05, 4.69) is 4.98 Å². The second kappa shape index (κ2) is 7.70. The third-order valence-corrected chi connectivity index (χ3v) is 6.45. The van der Waals surface area contributed by atoms with E-state index in [1.807, 2.05) is 0 Å². The van der Waals surface area contributed by atoms with E-state index in [9.17, 15) is 15.0 Å². The molecule has 0 atom stereocenters. The molecule has 0 saturated carbocycles. The molecular weight excluding hydrogens is 471 g/mol. The Morgan fingerprint density at radius 2 is 1.75 bits per heavy atom. The fourth-order valence-corrected chi connectivity index (χ4v) is 4.87. The Morgan fingerprint density at radius 1 is 1.03 bits per heavy atom. The van der Waals surface area contributed by atoms with E-state index in [0.717, 1.165) is 4.70 Å². The summed E-state index contributed by atoms with van der Waals surface area (Å²) < 4.78 is 7.62. The highest BCUT2D eigenvalue weighted by molar-refractivity contribution is 7.20. The molecule has 0 bridgehead atoms. The number of nitrogens with zero attached hydrogens (tertiary/aromatic N) is 2. The molecule has 160 valence electrons. The molecule has 9 heteroatoms. The van der Waals surface area contributed by atoms with Crippen LogP contribution in [0.5, 0.6) is 11.6 Å². The van der Waals surface area contributed by atoms with E-state index >= 15 is 0 Å². The summed E-state index contributed by atoms with van der Waals surface area (Å²) in [6.45, 7) is 1.71. The number of hydrogen-bond acceptors (Lipinski definition) is 6. The van der Waals surface area contributed by atoms with Crippen molar-refractivity contribution < 1.29 is 19.4 Å². The van der Waals surface area contributed by atoms with Crippen LogP contribution in [0.15, 0.2) is 59.0 Å². The van der Waals surface area contributed by atoms with Gasteiger partial charge in [0.15, 0.2) is 16.6 Å². The van der Waals surface area contributed by atoms with Crippen LogP contribution in [0.1, 0.15) is 21.9 Å². The van der Waals surface area contributed by atoms with Gasteiger partial charge in [-0.2, -0.15) is 0 Å². The molecule has 0 amide bonds. The molecular formula is C23H14Cl2N2O4S. The molecule has 2 N–H and O–H groups in total. The van der Waals surface area contributed by atoms with Crippen molar-refractivity contribution in [2.24, 2.45) is 0 Å². The Kier molecular flexibility index (Phi) is 4.97. The van der Waals surface area contributed by atoms with Crippen molar-refractivity contribution in [3.05, 3.63) is 81.7 Å². The number of furan rings is 1. The monoisotopic (exact) mass is 484 g/mol. The molecule has 3 heterocycles. The first kappa shape index (κ1) is 20.6. The summed E-state index contributed by atoms with van der Waals surface area (Å²) in [7, 11) is 0. The van der Waals surface area contributed by atoms with E-state index in [0.29, 0.717) is 32.0 Å². The van der Waals surface area contributed by atoms with Crippen LogP contribution in [0.25, 0.3) is 26.6 Å². The predicted octanol–water partition coefficient (Wildman–Crippen LogP) is 6.60. The Labute approximate surface area is 195 Å². The summed E-state index contributed by atoms with van der Waals surface area (Å²) >= 11 is 13.4. The molecule has 5 aromatic rings. The van der Waals surface area contributed by atoms with Crippen LogP contribution >= 0.6 is 34.5 Å². The third-order valence-electron chi connectivity index (χ3n) is 4.96. The molecule has 5 rings (SSSR count). The molecule has 0 saturated heterocycles. The Hall–Kier alpha value is -3.26. The number of carbonyl (C=O) groups is 1. The second-order valence-electron chi connectivity index (χ2n) is 7.09. The fourth-order valence-electron chi connectivity index (χ4n) is 3.49. The Morgan fingerprint density at radius 3 is 2.44 bits per heavy atom. The number of fused-ring (bicyclic) bond motifs is 1. The van der Waals surface area contributed by atoms with Gasteiger partial charge in [-0.15, -0.1) is 0 Å². The average molecular weight is 485 g/mol. The molecule has 0 aliphatic heterocycles. The van der Waals surface area contributed by atoms with Gasteiger partial charge < -0.3 is 14.6 Å². The highest BCUT2D eigenvalue weighted by atomic mass is 35.5. The summed E-state index contributed by atoms with van der Waals surface area (Å²) in [5, 5.41) is 23.1. The van der Waals surface area contributed by atoms with Crippen molar-refractivity contribution in [3.8, 4) is 28.0 Å². The van der Waals surface area contributed by atoms with Gasteiger partial charge in [-0.05, 0) is 55.0 Å². The second-order valence-corrected chi connectivity index (χ2v) is 8.97. The number of hydrogen-bond donors (Lipinski definition) is 2. The van der Waals surface area contributed by atoms with Crippen LogP contribution in [-0.4, -0.2) is 25.5 Å². The zero-order valence-corrected chi connectivity index (χ0v) is 18.8. The first-order valence-corrected chi connectivity index (χ1v) is 11.0. The number of aromatic hydroxyl groups is 2. The molecule has 3 aromatic heterocycles. The van der Waals surface area contributed by atoms with Gasteiger partial charge in [-0.1, -0.05) is 46.7 Å². The van der Waals surface area contributed by atoms with Crippen LogP contribution in [0, 0.1) is 6.92 Å². The number of aromatic nitrogens is 2. The van der Waals surface area contributed by atoms with Crippen LogP contribution in [0.4, 0.5) is 0 Å². The molecule has 0 fully saturated rings. The van der Waals surface area contributed by atoms with Gasteiger partial charge in [-0.25, -0.2) is 4.98 Å². The van der Waals surface area contributed by atoms with Gasteiger partial charge in [-0.3, -0.25) is 9.36 Å². The molecule has 0 radical (unpaired) electrons. The maximum absolute atomic E-state index is 13.3. The summed E-state index contributed by atoms with van der Waals surface area (Å²) in [5.41, 5.74) is 1.38. The largest absolute Gasteiger partial charge is 0.503 e. The van der Waals surface area contributed by atoms with Crippen molar-refractivity contribution in [2.75, 3.05) is 0 Å². The predicted molar refractivity (Wildman–Crippen MR) is 125 cm³/mol. The highest BCUT2D eigenvalue weighted by Crippen LogP contribution is 2.45. The van der Waals surface area contributed by atoms with Gasteiger partial charge in [0.25, 0.3) is 0 Å². The van der Waals surface area contributed by atoms with Gasteiger partial charge in [0, 0.05) is 10.0 Å². The highest BCUT2D eigenvalue weighted by Gasteiger charge is 2.32. The lowest BCUT2D eigenvalue weighted by Gasteiger charge is -2.09. The zero-order chi connectivity index (χ0) is 22.6. The molecule has 32 heavy (non-hydrogen) atoms. The minimum atomic E-state index is -0.571. The van der Waals surface area contributed by atoms with Crippen molar-refractivity contribution in [1.82, 2.24) is 9.55 Å². The van der Waals surface area contributed by atoms with Crippen LogP contribution in [-0.2, 0) is 0 Å². The SMILES string of the molecule is Cc1ccc(C(=O)c2c(O)c(O)n(-c3nc4ccc(Cl)cc4s3)c2-c2ccc(Cl)cc2)o1. The van der Waals surface area contributed by atoms with Gasteiger partial charge >= 0.3 is 0 Å². The number of aryl methyl sites for hydroxylation is 1. The van der Waals surface area contributed by atoms with Crippen LogP contribution in [0.3, 0.4) is 0 Å². The van der Waals surface area contributed by atoms with Crippen molar-refractivity contribution >= 4 is 50.5 Å². The average Bonchev–Trinajstić information content (AvgIpc) is 3.44. The number of benzene rings is 2. The Balaban J connectivity index is 1.81. The van der Waals surface area contributed by atoms with Crippen LogP contribution < -0.4 is 0 Å². The van der Waals surface area contributed by atoms with Crippen molar-refractivity contribution in [1.29, 1.82) is 0 Å². The molecule has 0 spiro atoms. The molecule has 6 nitrogen and oxygen atoms in total. The molecule has 0 aliphatic rings. The van der Waals surface area contributed by atoms with E-state index in [1.165, 1.54) is 22.0 Å². The fraction of sp³-hybridized carbons (Fsp3) is 0.0435. The topological polar surface area (TPSA) is 88.5 Å². The third kappa shape index (κ3) is 3.35. The standard InChI is InChI=1S/C23H14Cl2N2O4S/c1-11-2-9-16(31-11)20(28)18-19(12-3-5-13(24)6-4-12)27(22(30)21(18)29)23-26-15-8-7-14(25)10-17(15)32-23/h2-10,29-30H,1H3. The molecule has 2 aromatic carbocycles. The Bertz CT molecular complexity index is 1500. The van der Waals surface area contributed by atoms with Crippen molar-refractivity contribution in [3.63, 3.8) is 0 Å². The maximum atomic E-state index is 13.3. The normalized spacial score (nSPS) is 11.3. The number of ketones is 1. The smallest absolute Gasteiger partial charge is 0.242 e. The quantitative estimate of drug-likeness (QED) is 0.280. The minimum absolute atomic E-state index is 0.0428. The lowest BCUT2D eigenvalue weighted by molar-refractivity contribution is 0.101. The summed E-state index contributed by atoms with van der Waals surface area (Å²) in [5.74, 6) is -1.05. The summed E-state index contributed by atoms with van der Waals surface area (Å²) in [4.78, 5) is 17.9. The lowest BCUT2D eigenvalue weighted by Crippen LogP contribution is -2.04. The maximum Gasteiger partial charge on any atom is 0.242 e. The van der Waals surface area contributed by atoms with Gasteiger partial charge in [0.1, 0.15) is 5.76 Å². The zero-order valence-electron chi connectivity index (χ0n) is 16.5. The van der Waals surface area contributed by atoms with Crippen molar-refractivity contribution in [2.45, 2.75) is 6.92 Å². The minimum Gasteiger partial charge on any atom is -0.503 e. The summed E-state index contributed by atoms with van der Waals surface area (Å²) in [6, 6.07) is 15.1. The molecule has 0 unspecified atom stereocenters. The van der Waals surface area contributed by atoms with E-state index in [4.69, 9.17) is 27.6 Å². The van der Waals surface area contributed by atoms with E-state index in [1.54, 1.807) is 55.5 Å². The van der Waals surface area contributed by atoms with Crippen LogP contribution in [0.2, 0.25) is 10.0 Å². The van der Waals surface area contributed by atoms with E-state index < -0.39 is 17.4 Å². The van der Waals surface area contributed by atoms with E-state index in [-0.39, 0.29) is 17.0 Å². The lowest BCUT2D eigenvalue weighted by atomic mass is 10.0. The molecule has 0 aliphatic carbocycles.